The van der Waals surface area contributed by atoms with Gasteiger partial charge in [-0.25, -0.2) is 17.8 Å². The van der Waals surface area contributed by atoms with Crippen molar-refractivity contribution in [1.29, 1.82) is 0 Å². The summed E-state index contributed by atoms with van der Waals surface area (Å²) in [4.78, 5) is 15.9. The highest BCUT2D eigenvalue weighted by Crippen LogP contribution is 2.30. The second kappa shape index (κ2) is 10.6. The average molecular weight is 489 g/mol. The zero-order valence-electron chi connectivity index (χ0n) is 18.1. The Kier molecular flexibility index (Phi) is 8.42. The number of carbonyl (C=O) groups excluding carboxylic acids is 1. The number of hydrogen-bond donors (Lipinski definition) is 3. The van der Waals surface area contributed by atoms with Gasteiger partial charge in [0.15, 0.2) is 0 Å². The van der Waals surface area contributed by atoms with E-state index in [0.29, 0.717) is 24.1 Å². The predicted molar refractivity (Wildman–Crippen MR) is 118 cm³/mol. The Balaban J connectivity index is 2.13. The maximum Gasteiger partial charge on any atom is 0.433 e. The molecule has 0 unspecified atom stereocenters. The molecule has 1 heterocycles. The minimum atomic E-state index is -4.60. The van der Waals surface area contributed by atoms with E-state index in [4.69, 9.17) is 0 Å². The number of amides is 1. The summed E-state index contributed by atoms with van der Waals surface area (Å²) in [6.07, 6.45) is -0.584. The SMILES string of the molecule is CCCNc1nc(C(F)(F)F)ccc1/C=C\C(=O)N[C@H](C)c1ccc(NS(C)(=O)=O)c(F)c1. The maximum absolute atomic E-state index is 14.2. The smallest absolute Gasteiger partial charge is 0.370 e. The third-order valence-corrected chi connectivity index (χ3v) is 4.91. The van der Waals surface area contributed by atoms with Crippen molar-refractivity contribution in [3.05, 3.63) is 59.0 Å². The lowest BCUT2D eigenvalue weighted by Gasteiger charge is -2.15. The minimum absolute atomic E-state index is 0.000176. The van der Waals surface area contributed by atoms with Gasteiger partial charge >= 0.3 is 6.18 Å². The van der Waals surface area contributed by atoms with E-state index in [9.17, 15) is 30.8 Å². The zero-order chi connectivity index (χ0) is 24.8. The van der Waals surface area contributed by atoms with Gasteiger partial charge in [0, 0.05) is 18.2 Å². The van der Waals surface area contributed by atoms with Crippen molar-refractivity contribution in [2.75, 3.05) is 22.8 Å². The Hall–Kier alpha value is -3.15. The summed E-state index contributed by atoms with van der Waals surface area (Å²) in [5, 5.41) is 5.42. The number of nitrogens with one attached hydrogen (secondary N) is 3. The summed E-state index contributed by atoms with van der Waals surface area (Å²) in [7, 11) is -3.65. The molecule has 0 bridgehead atoms. The number of pyridine rings is 1. The molecule has 0 aliphatic heterocycles. The van der Waals surface area contributed by atoms with Crippen molar-refractivity contribution in [3.8, 4) is 0 Å². The lowest BCUT2D eigenvalue weighted by atomic mass is 10.1. The van der Waals surface area contributed by atoms with Crippen LogP contribution < -0.4 is 15.4 Å². The van der Waals surface area contributed by atoms with Gasteiger partial charge in [0.1, 0.15) is 17.3 Å². The van der Waals surface area contributed by atoms with Crippen LogP contribution in [0.2, 0.25) is 0 Å². The Morgan fingerprint density at radius 3 is 2.48 bits per heavy atom. The summed E-state index contributed by atoms with van der Waals surface area (Å²) in [5.74, 6) is -1.38. The number of halogens is 4. The average Bonchev–Trinajstić information content (AvgIpc) is 2.70. The van der Waals surface area contributed by atoms with E-state index in [2.05, 4.69) is 15.6 Å². The van der Waals surface area contributed by atoms with Crippen molar-refractivity contribution in [1.82, 2.24) is 10.3 Å². The van der Waals surface area contributed by atoms with Gasteiger partial charge in [0.2, 0.25) is 15.9 Å². The summed E-state index contributed by atoms with van der Waals surface area (Å²) < 4.78 is 77.5. The monoisotopic (exact) mass is 488 g/mol. The first-order valence-corrected chi connectivity index (χ1v) is 11.8. The second-order valence-electron chi connectivity index (χ2n) is 7.24. The van der Waals surface area contributed by atoms with Gasteiger partial charge in [-0.05, 0) is 49.2 Å². The molecule has 0 radical (unpaired) electrons. The first-order valence-electron chi connectivity index (χ1n) is 9.88. The highest BCUT2D eigenvalue weighted by atomic mass is 32.2. The van der Waals surface area contributed by atoms with E-state index in [1.54, 1.807) is 6.92 Å². The molecule has 1 amide bonds. The molecule has 7 nitrogen and oxygen atoms in total. The summed E-state index contributed by atoms with van der Waals surface area (Å²) >= 11 is 0. The number of hydrogen-bond acceptors (Lipinski definition) is 5. The Morgan fingerprint density at radius 2 is 1.91 bits per heavy atom. The third-order valence-electron chi connectivity index (χ3n) is 4.32. The van der Waals surface area contributed by atoms with Crippen LogP contribution in [-0.2, 0) is 21.0 Å². The van der Waals surface area contributed by atoms with E-state index >= 15 is 0 Å². The van der Waals surface area contributed by atoms with Crippen molar-refractivity contribution >= 4 is 33.5 Å². The fourth-order valence-electron chi connectivity index (χ4n) is 2.74. The first-order chi connectivity index (χ1) is 15.3. The molecule has 0 aliphatic rings. The normalized spacial score (nSPS) is 13.1. The largest absolute Gasteiger partial charge is 0.433 e. The van der Waals surface area contributed by atoms with E-state index in [1.165, 1.54) is 24.3 Å². The number of alkyl halides is 3. The number of aromatic nitrogens is 1. The summed E-state index contributed by atoms with van der Waals surface area (Å²) in [5.41, 5.74) is -0.593. The van der Waals surface area contributed by atoms with Crippen LogP contribution in [0.15, 0.2) is 36.4 Å². The number of carbonyl (C=O) groups is 1. The highest BCUT2D eigenvalue weighted by molar-refractivity contribution is 7.92. The molecule has 1 atom stereocenters. The molecule has 2 rings (SSSR count). The number of nitrogens with zero attached hydrogens (tertiary/aromatic N) is 1. The van der Waals surface area contributed by atoms with Crippen LogP contribution in [0.4, 0.5) is 29.1 Å². The standard InChI is InChI=1S/C21H24F4N4O3S/c1-4-11-26-20-14(6-9-18(28-20)21(23,24)25)7-10-19(30)27-13(2)15-5-8-17(16(22)12-15)29-33(3,31)32/h5-10,12-13,29H,4,11H2,1-3H3,(H,26,28)(H,27,30)/b10-7-/t13-/m1/s1. The van der Waals surface area contributed by atoms with Gasteiger partial charge in [-0.1, -0.05) is 13.0 Å². The Bertz CT molecular complexity index is 1130. The van der Waals surface area contributed by atoms with E-state index in [-0.39, 0.29) is 11.5 Å². The van der Waals surface area contributed by atoms with E-state index < -0.39 is 39.7 Å². The van der Waals surface area contributed by atoms with Crippen LogP contribution in [0.25, 0.3) is 6.08 Å². The van der Waals surface area contributed by atoms with Crippen LogP contribution >= 0.6 is 0 Å². The second-order valence-corrected chi connectivity index (χ2v) is 8.98. The number of anilines is 2. The van der Waals surface area contributed by atoms with E-state index in [1.807, 2.05) is 11.6 Å². The molecule has 3 N–H and O–H groups in total. The fraction of sp³-hybridized carbons (Fsp3) is 0.333. The molecular weight excluding hydrogens is 464 g/mol. The molecule has 0 saturated heterocycles. The van der Waals surface area contributed by atoms with Gasteiger partial charge in [0.25, 0.3) is 0 Å². The van der Waals surface area contributed by atoms with Crippen LogP contribution in [0.3, 0.4) is 0 Å². The Labute approximate surface area is 189 Å². The fourth-order valence-corrected chi connectivity index (χ4v) is 3.31. The zero-order valence-corrected chi connectivity index (χ0v) is 18.9. The van der Waals surface area contributed by atoms with Crippen LogP contribution in [0.5, 0.6) is 0 Å². The van der Waals surface area contributed by atoms with Crippen molar-refractivity contribution in [2.45, 2.75) is 32.5 Å². The highest BCUT2D eigenvalue weighted by Gasteiger charge is 2.32. The topological polar surface area (TPSA) is 100 Å². The predicted octanol–water partition coefficient (Wildman–Crippen LogP) is 4.32. The van der Waals surface area contributed by atoms with Crippen LogP contribution in [0, 0.1) is 5.82 Å². The van der Waals surface area contributed by atoms with Gasteiger partial charge in [-0.2, -0.15) is 13.2 Å². The first kappa shape index (κ1) is 26.1. The molecule has 2 aromatic rings. The molecule has 0 saturated carbocycles. The summed E-state index contributed by atoms with van der Waals surface area (Å²) in [6, 6.07) is 5.19. The molecule has 180 valence electrons. The lowest BCUT2D eigenvalue weighted by molar-refractivity contribution is -0.141. The van der Waals surface area contributed by atoms with Crippen LogP contribution in [-0.4, -0.2) is 32.1 Å². The quantitative estimate of drug-likeness (QED) is 0.361. The number of sulfonamides is 1. The molecule has 33 heavy (non-hydrogen) atoms. The number of rotatable bonds is 9. The maximum atomic E-state index is 14.2. The van der Waals surface area contributed by atoms with Crippen LogP contribution in [0.1, 0.15) is 43.1 Å². The van der Waals surface area contributed by atoms with Crippen molar-refractivity contribution in [3.63, 3.8) is 0 Å². The van der Waals surface area contributed by atoms with E-state index in [0.717, 1.165) is 24.5 Å². The molecule has 0 aliphatic carbocycles. The molecule has 1 aromatic carbocycles. The van der Waals surface area contributed by atoms with Gasteiger partial charge in [-0.15, -0.1) is 0 Å². The van der Waals surface area contributed by atoms with Crippen molar-refractivity contribution in [2.24, 2.45) is 0 Å². The lowest BCUT2D eigenvalue weighted by Crippen LogP contribution is -2.24. The van der Waals surface area contributed by atoms with Gasteiger partial charge < -0.3 is 10.6 Å². The molecular formula is C21H24F4N4O3S. The van der Waals surface area contributed by atoms with Crippen molar-refractivity contribution < 1.29 is 30.8 Å². The molecule has 0 fully saturated rings. The third kappa shape index (κ3) is 8.04. The molecule has 0 spiro atoms. The Morgan fingerprint density at radius 1 is 1.21 bits per heavy atom. The molecule has 12 heteroatoms. The van der Waals surface area contributed by atoms with Gasteiger partial charge in [-0.3, -0.25) is 9.52 Å². The van der Waals surface area contributed by atoms with Gasteiger partial charge in [0.05, 0.1) is 18.0 Å². The minimum Gasteiger partial charge on any atom is -0.370 e. The number of benzene rings is 1. The molecule has 1 aromatic heterocycles. The summed E-state index contributed by atoms with van der Waals surface area (Å²) in [6.45, 7) is 3.84.